The molecule has 5 heteroatoms. The first kappa shape index (κ1) is 17.0. The van der Waals surface area contributed by atoms with Crippen LogP contribution in [0.5, 0.6) is 0 Å². The number of nitrogens with one attached hydrogen (secondary N) is 1. The lowest BCUT2D eigenvalue weighted by atomic mass is 10.1. The fraction of sp³-hybridized carbons (Fsp3) is 0.600. The molecule has 0 saturated carbocycles. The monoisotopic (exact) mass is 298 g/mol. The topological polar surface area (TPSA) is 72.2 Å². The van der Waals surface area contributed by atoms with E-state index in [9.17, 15) is 8.42 Å². The Balaban J connectivity index is 2.46. The summed E-state index contributed by atoms with van der Waals surface area (Å²) in [4.78, 5) is 0.214. The third-order valence-electron chi connectivity index (χ3n) is 3.33. The first-order valence-corrected chi connectivity index (χ1v) is 8.82. The maximum atomic E-state index is 12.2. The lowest BCUT2D eigenvalue weighted by molar-refractivity contribution is 0.567. The molecule has 1 aromatic rings. The van der Waals surface area contributed by atoms with E-state index >= 15 is 0 Å². The number of unbranched alkanes of at least 4 members (excludes halogenated alkanes) is 5. The molecule has 0 unspecified atom stereocenters. The molecule has 0 aromatic heterocycles. The molecule has 0 radical (unpaired) electrons. The Hall–Kier alpha value is -1.07. The van der Waals surface area contributed by atoms with Crippen molar-refractivity contribution in [2.45, 2.75) is 57.3 Å². The van der Waals surface area contributed by atoms with Crippen LogP contribution in [0.1, 0.15) is 51.0 Å². The Labute approximate surface area is 122 Å². The second-order valence-corrected chi connectivity index (χ2v) is 6.86. The zero-order valence-corrected chi connectivity index (χ0v) is 13.3. The Bertz CT molecular complexity index is 492. The smallest absolute Gasteiger partial charge is 0.242 e. The van der Waals surface area contributed by atoms with Crippen molar-refractivity contribution in [1.29, 1.82) is 0 Å². The summed E-state index contributed by atoms with van der Waals surface area (Å²) in [6, 6.07) is 5.14. The van der Waals surface area contributed by atoms with Gasteiger partial charge in [0.15, 0.2) is 0 Å². The van der Waals surface area contributed by atoms with E-state index in [1.165, 1.54) is 25.7 Å². The summed E-state index contributed by atoms with van der Waals surface area (Å²) < 4.78 is 27.1. The standard InChI is InChI=1S/C15H26N2O2S/c1-3-4-5-6-7-8-12-17-20(18,19)15-13(2)10-9-11-14(15)16/h9-11,17H,3-8,12,16H2,1-2H3. The normalized spacial score (nSPS) is 11.7. The minimum atomic E-state index is -3.49. The van der Waals surface area contributed by atoms with E-state index in [1.54, 1.807) is 25.1 Å². The second kappa shape index (κ2) is 8.27. The van der Waals surface area contributed by atoms with Crippen LogP contribution in [0.2, 0.25) is 0 Å². The minimum absolute atomic E-state index is 0.214. The van der Waals surface area contributed by atoms with Crippen molar-refractivity contribution in [1.82, 2.24) is 4.72 Å². The van der Waals surface area contributed by atoms with Crippen LogP contribution in [0.15, 0.2) is 23.1 Å². The van der Waals surface area contributed by atoms with E-state index in [4.69, 9.17) is 5.73 Å². The molecule has 0 aliphatic heterocycles. The van der Waals surface area contributed by atoms with Crippen molar-refractivity contribution in [3.05, 3.63) is 23.8 Å². The summed E-state index contributed by atoms with van der Waals surface area (Å²) in [5.74, 6) is 0. The number of aryl methyl sites for hydroxylation is 1. The van der Waals surface area contributed by atoms with Crippen molar-refractivity contribution >= 4 is 15.7 Å². The van der Waals surface area contributed by atoms with Gasteiger partial charge in [0.2, 0.25) is 10.0 Å². The number of hydrogen-bond donors (Lipinski definition) is 2. The predicted octanol–water partition coefficient (Wildman–Crippen LogP) is 3.22. The molecular weight excluding hydrogens is 272 g/mol. The molecular formula is C15H26N2O2S. The zero-order chi connectivity index (χ0) is 15.0. The summed E-state index contributed by atoms with van der Waals surface area (Å²) >= 11 is 0. The Morgan fingerprint density at radius 3 is 2.40 bits per heavy atom. The van der Waals surface area contributed by atoms with Crippen molar-refractivity contribution in [3.63, 3.8) is 0 Å². The fourth-order valence-corrected chi connectivity index (χ4v) is 3.65. The van der Waals surface area contributed by atoms with Crippen LogP contribution in [0.25, 0.3) is 0 Å². The number of hydrogen-bond acceptors (Lipinski definition) is 3. The molecule has 0 fully saturated rings. The van der Waals surface area contributed by atoms with Gasteiger partial charge in [-0.3, -0.25) is 0 Å². The highest BCUT2D eigenvalue weighted by Crippen LogP contribution is 2.21. The quantitative estimate of drug-likeness (QED) is 0.543. The molecule has 0 atom stereocenters. The van der Waals surface area contributed by atoms with Crippen molar-refractivity contribution in [2.24, 2.45) is 0 Å². The largest absolute Gasteiger partial charge is 0.398 e. The van der Waals surface area contributed by atoms with Gasteiger partial charge >= 0.3 is 0 Å². The van der Waals surface area contributed by atoms with Crippen molar-refractivity contribution in [2.75, 3.05) is 12.3 Å². The zero-order valence-electron chi connectivity index (χ0n) is 12.5. The van der Waals surface area contributed by atoms with Crippen LogP contribution < -0.4 is 10.5 Å². The van der Waals surface area contributed by atoms with E-state index in [1.807, 2.05) is 0 Å². The molecule has 0 aliphatic rings. The Kier molecular flexibility index (Phi) is 7.02. The van der Waals surface area contributed by atoms with Crippen molar-refractivity contribution < 1.29 is 8.42 Å². The first-order valence-electron chi connectivity index (χ1n) is 7.33. The predicted molar refractivity (Wildman–Crippen MR) is 84.2 cm³/mol. The molecule has 20 heavy (non-hydrogen) atoms. The van der Waals surface area contributed by atoms with Gasteiger partial charge < -0.3 is 5.73 Å². The molecule has 0 heterocycles. The summed E-state index contributed by atoms with van der Waals surface area (Å²) in [7, 11) is -3.49. The lowest BCUT2D eigenvalue weighted by Gasteiger charge is -2.11. The highest BCUT2D eigenvalue weighted by molar-refractivity contribution is 7.89. The number of nitrogen functional groups attached to an aromatic ring is 1. The average molecular weight is 298 g/mol. The minimum Gasteiger partial charge on any atom is -0.398 e. The summed E-state index contributed by atoms with van der Waals surface area (Å²) in [6.45, 7) is 4.42. The highest BCUT2D eigenvalue weighted by atomic mass is 32.2. The van der Waals surface area contributed by atoms with E-state index in [0.29, 0.717) is 17.8 Å². The molecule has 0 bridgehead atoms. The van der Waals surface area contributed by atoms with Crippen LogP contribution in [-0.4, -0.2) is 15.0 Å². The van der Waals surface area contributed by atoms with Crippen LogP contribution in [0.3, 0.4) is 0 Å². The van der Waals surface area contributed by atoms with Gasteiger partial charge in [-0.25, -0.2) is 13.1 Å². The summed E-state index contributed by atoms with van der Waals surface area (Å²) in [6.07, 6.45) is 6.81. The molecule has 0 aliphatic carbocycles. The molecule has 4 nitrogen and oxygen atoms in total. The van der Waals surface area contributed by atoms with Gasteiger partial charge in [0, 0.05) is 6.54 Å². The van der Waals surface area contributed by atoms with Gasteiger partial charge in [-0.2, -0.15) is 0 Å². The molecule has 1 aromatic carbocycles. The van der Waals surface area contributed by atoms with Crippen LogP contribution in [-0.2, 0) is 10.0 Å². The van der Waals surface area contributed by atoms with Crippen LogP contribution >= 0.6 is 0 Å². The van der Waals surface area contributed by atoms with Gasteiger partial charge in [-0.15, -0.1) is 0 Å². The Morgan fingerprint density at radius 2 is 1.75 bits per heavy atom. The molecule has 0 saturated heterocycles. The first-order chi connectivity index (χ1) is 9.49. The molecule has 3 N–H and O–H groups in total. The maximum Gasteiger partial charge on any atom is 0.242 e. The molecule has 0 amide bonds. The van der Waals surface area contributed by atoms with Gasteiger partial charge in [-0.05, 0) is 25.0 Å². The van der Waals surface area contributed by atoms with Crippen LogP contribution in [0.4, 0.5) is 5.69 Å². The highest BCUT2D eigenvalue weighted by Gasteiger charge is 2.18. The van der Waals surface area contributed by atoms with Crippen LogP contribution in [0, 0.1) is 6.92 Å². The fourth-order valence-electron chi connectivity index (χ4n) is 2.23. The SMILES string of the molecule is CCCCCCCCNS(=O)(=O)c1c(C)cccc1N. The maximum absolute atomic E-state index is 12.2. The Morgan fingerprint density at radius 1 is 1.10 bits per heavy atom. The number of anilines is 1. The van der Waals surface area contributed by atoms with E-state index in [0.717, 1.165) is 12.8 Å². The van der Waals surface area contributed by atoms with Gasteiger partial charge in [0.25, 0.3) is 0 Å². The third-order valence-corrected chi connectivity index (χ3v) is 5.01. The molecule has 114 valence electrons. The third kappa shape index (κ3) is 5.13. The lowest BCUT2D eigenvalue weighted by Crippen LogP contribution is -2.26. The van der Waals surface area contributed by atoms with Crippen molar-refractivity contribution in [3.8, 4) is 0 Å². The van der Waals surface area contributed by atoms with E-state index in [2.05, 4.69) is 11.6 Å². The van der Waals surface area contributed by atoms with Gasteiger partial charge in [0.05, 0.1) is 5.69 Å². The second-order valence-electron chi connectivity index (χ2n) is 5.16. The van der Waals surface area contributed by atoms with E-state index in [-0.39, 0.29) is 4.90 Å². The van der Waals surface area contributed by atoms with Gasteiger partial charge in [-0.1, -0.05) is 51.2 Å². The summed E-state index contributed by atoms with van der Waals surface area (Å²) in [5.41, 5.74) is 6.76. The number of benzene rings is 1. The number of rotatable bonds is 9. The number of sulfonamides is 1. The van der Waals surface area contributed by atoms with E-state index < -0.39 is 10.0 Å². The molecule has 0 spiro atoms. The summed E-state index contributed by atoms with van der Waals surface area (Å²) in [5, 5.41) is 0. The average Bonchev–Trinajstić information content (AvgIpc) is 2.37. The molecule has 1 rings (SSSR count). The number of nitrogens with two attached hydrogens (primary N) is 1. The van der Waals surface area contributed by atoms with Gasteiger partial charge in [0.1, 0.15) is 4.90 Å².